The first kappa shape index (κ1) is 36.7. The Hall–Kier alpha value is -8.91. The molecule has 3 aromatic heterocycles. The minimum atomic E-state index is 0.672. The second-order valence-corrected chi connectivity index (χ2v) is 16.8. The minimum Gasteiger partial charge on any atom is -0.309 e. The van der Waals surface area contributed by atoms with E-state index in [1.165, 1.54) is 70.9 Å². The van der Waals surface area contributed by atoms with E-state index in [4.69, 9.17) is 6.57 Å². The Morgan fingerprint density at radius 2 is 0.815 bits per heavy atom. The van der Waals surface area contributed by atoms with Crippen molar-refractivity contribution in [2.75, 3.05) is 0 Å². The van der Waals surface area contributed by atoms with Gasteiger partial charge in [-0.2, -0.15) is 0 Å². The molecule has 0 fully saturated rings. The fraction of sp³-hybridized carbons (Fsp3) is 0. The molecule has 0 aliphatic heterocycles. The Kier molecular flexibility index (Phi) is 8.24. The summed E-state index contributed by atoms with van der Waals surface area (Å²) >= 11 is 0. The van der Waals surface area contributed by atoms with Crippen molar-refractivity contribution in [3.8, 4) is 61.3 Å². The van der Waals surface area contributed by atoms with Crippen molar-refractivity contribution < 1.29 is 0 Å². The van der Waals surface area contributed by atoms with E-state index in [9.17, 15) is 0 Å². The molecule has 0 spiro atoms. The van der Waals surface area contributed by atoms with Crippen LogP contribution in [0.5, 0.6) is 0 Å². The molecular weight excluding hydrogens is 789 g/mol. The molecule has 4 heteroatoms. The lowest BCUT2D eigenvalue weighted by molar-refractivity contribution is 1.18. The smallest absolute Gasteiger partial charge is 0.195 e. The fourth-order valence-corrected chi connectivity index (χ4v) is 10.6. The third-order valence-electron chi connectivity index (χ3n) is 13.3. The Labute approximate surface area is 375 Å². The van der Waals surface area contributed by atoms with Gasteiger partial charge >= 0.3 is 0 Å². The van der Waals surface area contributed by atoms with Gasteiger partial charge in [0.25, 0.3) is 0 Å². The van der Waals surface area contributed by atoms with Crippen molar-refractivity contribution in [1.29, 1.82) is 0 Å². The van der Waals surface area contributed by atoms with Crippen molar-refractivity contribution in [3.63, 3.8) is 0 Å². The van der Waals surface area contributed by atoms with Crippen LogP contribution in [0.15, 0.2) is 219 Å². The second-order valence-electron chi connectivity index (χ2n) is 16.8. The first-order chi connectivity index (χ1) is 32.2. The lowest BCUT2D eigenvalue weighted by atomic mass is 9.82. The first-order valence-corrected chi connectivity index (χ1v) is 21.9. The van der Waals surface area contributed by atoms with E-state index in [0.29, 0.717) is 5.69 Å². The van der Waals surface area contributed by atoms with Crippen molar-refractivity contribution in [3.05, 3.63) is 230 Å². The van der Waals surface area contributed by atoms with Crippen LogP contribution in [0.3, 0.4) is 0 Å². The van der Waals surface area contributed by atoms with Crippen molar-refractivity contribution >= 4 is 70.6 Å². The van der Waals surface area contributed by atoms with E-state index in [0.717, 1.165) is 55.3 Å². The van der Waals surface area contributed by atoms with Gasteiger partial charge in [-0.25, -0.2) is 4.85 Å². The number of hydrogen-bond acceptors (Lipinski definition) is 2. The van der Waals surface area contributed by atoms with Crippen LogP contribution in [-0.4, -0.2) is 14.5 Å². The first-order valence-electron chi connectivity index (χ1n) is 21.9. The van der Waals surface area contributed by atoms with Crippen LogP contribution >= 0.6 is 0 Å². The third-order valence-corrected chi connectivity index (χ3v) is 13.3. The predicted molar refractivity (Wildman–Crippen MR) is 271 cm³/mol. The molecule has 0 unspecified atom stereocenters. The number of hydrogen-bond donors (Lipinski definition) is 0. The van der Waals surface area contributed by atoms with E-state index in [1.54, 1.807) is 0 Å². The van der Waals surface area contributed by atoms with E-state index in [-0.39, 0.29) is 0 Å². The summed E-state index contributed by atoms with van der Waals surface area (Å²) < 4.78 is 2.35. The van der Waals surface area contributed by atoms with Gasteiger partial charge in [0.15, 0.2) is 5.69 Å². The Balaban J connectivity index is 1.06. The number of fused-ring (bicyclic) bond motifs is 3. The molecule has 13 aromatic rings. The van der Waals surface area contributed by atoms with Crippen LogP contribution in [0.2, 0.25) is 0 Å². The van der Waals surface area contributed by atoms with Gasteiger partial charge in [0.05, 0.1) is 17.6 Å². The topological polar surface area (TPSA) is 35.1 Å². The summed E-state index contributed by atoms with van der Waals surface area (Å²) in [5.74, 6) is 0. The molecule has 300 valence electrons. The van der Waals surface area contributed by atoms with Crippen LogP contribution in [0, 0.1) is 6.57 Å². The van der Waals surface area contributed by atoms with E-state index in [2.05, 4.69) is 195 Å². The number of pyridine rings is 2. The van der Waals surface area contributed by atoms with Gasteiger partial charge in [0.1, 0.15) is 0 Å². The molecule has 0 bridgehead atoms. The normalized spacial score (nSPS) is 11.7. The number of benzene rings is 10. The van der Waals surface area contributed by atoms with Gasteiger partial charge in [-0.3, -0.25) is 9.97 Å². The number of aromatic nitrogens is 3. The Morgan fingerprint density at radius 1 is 0.354 bits per heavy atom. The predicted octanol–water partition coefficient (Wildman–Crippen LogP) is 16.5. The van der Waals surface area contributed by atoms with E-state index < -0.39 is 0 Å². The lowest BCUT2D eigenvalue weighted by Gasteiger charge is -2.21. The summed E-state index contributed by atoms with van der Waals surface area (Å²) in [4.78, 5) is 12.9. The molecule has 0 aliphatic rings. The van der Waals surface area contributed by atoms with Gasteiger partial charge in [-0.05, 0) is 142 Å². The van der Waals surface area contributed by atoms with Crippen LogP contribution in [0.1, 0.15) is 0 Å². The van der Waals surface area contributed by atoms with Crippen molar-refractivity contribution in [2.24, 2.45) is 0 Å². The van der Waals surface area contributed by atoms with Gasteiger partial charge in [0, 0.05) is 52.4 Å². The summed E-state index contributed by atoms with van der Waals surface area (Å²) in [5, 5.41) is 11.7. The van der Waals surface area contributed by atoms with Crippen molar-refractivity contribution in [1.82, 2.24) is 14.5 Å². The zero-order valence-corrected chi connectivity index (χ0v) is 35.1. The SMILES string of the molecule is [C-]#[N+]c1ccc2c3c1ccc1c(-c4c5ccccc5c(-c5ccc(-c6cc(-c7cccnc7)cc(-c7cccnc7)c6)c6ccccc56)c5ccccc45)ccc(c13)n2-c1ccccc1. The molecule has 0 saturated carbocycles. The largest absolute Gasteiger partial charge is 0.309 e. The highest BCUT2D eigenvalue weighted by Gasteiger charge is 2.24. The van der Waals surface area contributed by atoms with Crippen LogP contribution in [0.4, 0.5) is 5.69 Å². The van der Waals surface area contributed by atoms with Crippen LogP contribution in [0.25, 0.3) is 131 Å². The van der Waals surface area contributed by atoms with E-state index in [1.807, 2.05) is 43.0 Å². The molecule has 0 amide bonds. The van der Waals surface area contributed by atoms with Crippen LogP contribution in [-0.2, 0) is 0 Å². The molecule has 4 nitrogen and oxygen atoms in total. The molecule has 0 N–H and O–H groups in total. The van der Waals surface area contributed by atoms with Gasteiger partial charge in [-0.1, -0.05) is 140 Å². The third kappa shape index (κ3) is 5.63. The van der Waals surface area contributed by atoms with Gasteiger partial charge in [0.2, 0.25) is 0 Å². The Bertz CT molecular complexity index is 3940. The summed E-state index contributed by atoms with van der Waals surface area (Å²) in [7, 11) is 0. The fourth-order valence-electron chi connectivity index (χ4n) is 10.6. The van der Waals surface area contributed by atoms with Crippen molar-refractivity contribution in [2.45, 2.75) is 0 Å². The minimum absolute atomic E-state index is 0.672. The number of rotatable bonds is 6. The molecule has 0 atom stereocenters. The molecule has 0 saturated heterocycles. The highest BCUT2D eigenvalue weighted by molar-refractivity contribution is 6.32. The maximum absolute atomic E-state index is 8.08. The Morgan fingerprint density at radius 3 is 1.38 bits per heavy atom. The molecule has 0 aliphatic carbocycles. The maximum Gasteiger partial charge on any atom is 0.195 e. The second kappa shape index (κ2) is 14.6. The summed E-state index contributed by atoms with van der Waals surface area (Å²) in [6.07, 6.45) is 7.51. The van der Waals surface area contributed by atoms with Crippen LogP contribution < -0.4 is 0 Å². The molecule has 65 heavy (non-hydrogen) atoms. The standard InChI is InChI=1S/C61H36N4/c1-62-55-28-30-57-61-54(55)26-25-53-52(27-29-56(60(53)61)65(57)43-15-3-2-4-16-43)59-49-21-9-7-19-47(49)58(48-20-8-10-22-50(48)59)51-24-23-44(45-17-5-6-18-46(45)51)42-34-40(38-13-11-31-63-36-38)33-41(35-42)39-14-12-32-64-37-39/h2-37H. The molecule has 10 aromatic carbocycles. The zero-order chi connectivity index (χ0) is 43.0. The molecule has 0 radical (unpaired) electrons. The monoisotopic (exact) mass is 824 g/mol. The lowest BCUT2D eigenvalue weighted by Crippen LogP contribution is -1.94. The number of para-hydroxylation sites is 1. The summed E-state index contributed by atoms with van der Waals surface area (Å²) in [5.41, 5.74) is 15.5. The average molecular weight is 825 g/mol. The number of nitrogens with zero attached hydrogens (tertiary/aromatic N) is 4. The zero-order valence-electron chi connectivity index (χ0n) is 35.1. The average Bonchev–Trinajstić information content (AvgIpc) is 3.73. The molecular formula is C61H36N4. The van der Waals surface area contributed by atoms with Gasteiger partial charge < -0.3 is 4.57 Å². The quantitative estimate of drug-likeness (QED) is 0.0951. The maximum atomic E-state index is 8.08. The summed E-state index contributed by atoms with van der Waals surface area (Å²) in [6, 6.07) is 70.0. The highest BCUT2D eigenvalue weighted by atomic mass is 15.0. The molecule has 13 rings (SSSR count). The van der Waals surface area contributed by atoms with E-state index >= 15 is 0 Å². The highest BCUT2D eigenvalue weighted by Crippen LogP contribution is 2.50. The van der Waals surface area contributed by atoms with Gasteiger partial charge in [-0.15, -0.1) is 0 Å². The summed E-state index contributed by atoms with van der Waals surface area (Å²) in [6.45, 7) is 8.08. The molecule has 3 heterocycles.